The minimum absolute atomic E-state index is 0.144. The van der Waals surface area contributed by atoms with E-state index < -0.39 is 14.3 Å². The number of hydrogen-bond donors (Lipinski definition) is 1. The van der Waals surface area contributed by atoms with Crippen molar-refractivity contribution in [2.75, 3.05) is 0 Å². The SMILES string of the molecule is C[Si](C)(C)OC1C=CC(CC(=O)O)C1. The van der Waals surface area contributed by atoms with Gasteiger partial charge in [0, 0.05) is 0 Å². The molecule has 14 heavy (non-hydrogen) atoms. The molecule has 1 N–H and O–H groups in total. The van der Waals surface area contributed by atoms with Crippen LogP contribution < -0.4 is 0 Å². The molecule has 1 aliphatic rings. The van der Waals surface area contributed by atoms with Crippen LogP contribution in [0.3, 0.4) is 0 Å². The predicted octanol–water partition coefficient (Wildman–Crippen LogP) is 2.26. The van der Waals surface area contributed by atoms with E-state index in [0.29, 0.717) is 0 Å². The Kier molecular flexibility index (Phi) is 3.50. The molecule has 0 spiro atoms. The second-order valence-electron chi connectivity index (χ2n) is 4.75. The Morgan fingerprint density at radius 1 is 1.50 bits per heavy atom. The van der Waals surface area contributed by atoms with Gasteiger partial charge in [0.25, 0.3) is 0 Å². The van der Waals surface area contributed by atoms with Crippen molar-refractivity contribution < 1.29 is 14.3 Å². The van der Waals surface area contributed by atoms with E-state index in [-0.39, 0.29) is 18.4 Å². The molecule has 2 unspecified atom stereocenters. The van der Waals surface area contributed by atoms with Crippen molar-refractivity contribution in [1.82, 2.24) is 0 Å². The molecule has 1 rings (SSSR count). The molecule has 0 heterocycles. The van der Waals surface area contributed by atoms with E-state index in [9.17, 15) is 4.79 Å². The second-order valence-corrected chi connectivity index (χ2v) is 9.21. The zero-order chi connectivity index (χ0) is 10.8. The molecule has 0 bridgehead atoms. The number of rotatable bonds is 4. The Balaban J connectivity index is 2.36. The van der Waals surface area contributed by atoms with Crippen molar-refractivity contribution in [1.29, 1.82) is 0 Å². The Labute approximate surface area is 85.9 Å². The summed E-state index contributed by atoms with van der Waals surface area (Å²) in [6, 6.07) is 0. The van der Waals surface area contributed by atoms with Gasteiger partial charge in [0.1, 0.15) is 0 Å². The minimum Gasteiger partial charge on any atom is -0.481 e. The van der Waals surface area contributed by atoms with Crippen LogP contribution in [-0.4, -0.2) is 25.5 Å². The third-order valence-corrected chi connectivity index (χ3v) is 3.08. The first-order valence-corrected chi connectivity index (χ1v) is 8.35. The fourth-order valence-corrected chi connectivity index (χ4v) is 2.74. The van der Waals surface area contributed by atoms with Gasteiger partial charge < -0.3 is 9.53 Å². The number of carboxylic acids is 1. The summed E-state index contributed by atoms with van der Waals surface area (Å²) in [6.07, 6.45) is 5.18. The molecule has 0 radical (unpaired) electrons. The smallest absolute Gasteiger partial charge is 0.303 e. The van der Waals surface area contributed by atoms with Crippen LogP contribution in [0.25, 0.3) is 0 Å². The molecule has 0 saturated heterocycles. The Morgan fingerprint density at radius 3 is 2.64 bits per heavy atom. The highest BCUT2D eigenvalue weighted by Crippen LogP contribution is 2.25. The normalized spacial score (nSPS) is 26.8. The second kappa shape index (κ2) is 4.27. The fraction of sp³-hybridized carbons (Fsp3) is 0.700. The quantitative estimate of drug-likeness (QED) is 0.577. The van der Waals surface area contributed by atoms with Crippen molar-refractivity contribution in [3.05, 3.63) is 12.2 Å². The van der Waals surface area contributed by atoms with Crippen LogP contribution in [0.4, 0.5) is 0 Å². The molecular weight excluding hydrogens is 196 g/mol. The van der Waals surface area contributed by atoms with Gasteiger partial charge in [-0.3, -0.25) is 4.79 Å². The molecule has 2 atom stereocenters. The number of allylic oxidation sites excluding steroid dienone is 1. The summed E-state index contributed by atoms with van der Waals surface area (Å²) in [5.41, 5.74) is 0. The van der Waals surface area contributed by atoms with E-state index in [2.05, 4.69) is 19.6 Å². The molecule has 0 saturated carbocycles. The molecule has 0 aromatic heterocycles. The van der Waals surface area contributed by atoms with Gasteiger partial charge >= 0.3 is 5.97 Å². The van der Waals surface area contributed by atoms with Gasteiger partial charge in [0.2, 0.25) is 0 Å². The number of hydrogen-bond acceptors (Lipinski definition) is 2. The third-order valence-electron chi connectivity index (χ3n) is 2.07. The summed E-state index contributed by atoms with van der Waals surface area (Å²) in [5, 5.41) is 8.63. The highest BCUT2D eigenvalue weighted by molar-refractivity contribution is 6.69. The summed E-state index contributed by atoms with van der Waals surface area (Å²) in [5.74, 6) is -0.567. The van der Waals surface area contributed by atoms with Gasteiger partial charge in [0.15, 0.2) is 8.32 Å². The lowest BCUT2D eigenvalue weighted by Gasteiger charge is -2.22. The molecule has 0 aromatic rings. The van der Waals surface area contributed by atoms with Crippen molar-refractivity contribution >= 4 is 14.3 Å². The zero-order valence-corrected chi connectivity index (χ0v) is 9.99. The van der Waals surface area contributed by atoms with Gasteiger partial charge in [0.05, 0.1) is 12.5 Å². The van der Waals surface area contributed by atoms with Crippen LogP contribution in [0.15, 0.2) is 12.2 Å². The monoisotopic (exact) mass is 214 g/mol. The summed E-state index contributed by atoms with van der Waals surface area (Å²) < 4.78 is 5.87. The molecule has 0 aromatic carbocycles. The molecule has 1 aliphatic carbocycles. The first-order valence-electron chi connectivity index (χ1n) is 4.95. The Hall–Kier alpha value is -0.613. The maximum absolute atomic E-state index is 10.5. The van der Waals surface area contributed by atoms with Crippen LogP contribution in [0, 0.1) is 5.92 Å². The average molecular weight is 214 g/mol. The Morgan fingerprint density at radius 2 is 2.14 bits per heavy atom. The van der Waals surface area contributed by atoms with Gasteiger partial charge in [-0.1, -0.05) is 12.2 Å². The van der Waals surface area contributed by atoms with E-state index in [1.165, 1.54) is 0 Å². The van der Waals surface area contributed by atoms with E-state index in [1.54, 1.807) is 0 Å². The summed E-state index contributed by atoms with van der Waals surface area (Å²) in [4.78, 5) is 10.5. The first kappa shape index (κ1) is 11.5. The fourth-order valence-electron chi connectivity index (χ4n) is 1.65. The van der Waals surface area contributed by atoms with Gasteiger partial charge in [-0.15, -0.1) is 0 Å². The lowest BCUT2D eigenvalue weighted by molar-refractivity contribution is -0.137. The van der Waals surface area contributed by atoms with Crippen LogP contribution in [0.5, 0.6) is 0 Å². The average Bonchev–Trinajstić information content (AvgIpc) is 2.30. The number of carbonyl (C=O) groups is 1. The van der Waals surface area contributed by atoms with Crippen molar-refractivity contribution in [3.8, 4) is 0 Å². The van der Waals surface area contributed by atoms with Gasteiger partial charge in [-0.05, 0) is 32.0 Å². The summed E-state index contributed by atoms with van der Waals surface area (Å²) >= 11 is 0. The summed E-state index contributed by atoms with van der Waals surface area (Å²) in [7, 11) is -1.49. The standard InChI is InChI=1S/C10H18O3Si/c1-14(2,3)13-9-5-4-8(6-9)7-10(11)12/h4-5,8-9H,6-7H2,1-3H3,(H,11,12). The zero-order valence-electron chi connectivity index (χ0n) is 8.99. The molecule has 0 fully saturated rings. The van der Waals surface area contributed by atoms with Crippen molar-refractivity contribution in [2.24, 2.45) is 5.92 Å². The van der Waals surface area contributed by atoms with E-state index in [0.717, 1.165) is 6.42 Å². The lowest BCUT2D eigenvalue weighted by Crippen LogP contribution is -2.30. The van der Waals surface area contributed by atoms with Crippen molar-refractivity contribution in [3.63, 3.8) is 0 Å². The molecule has 80 valence electrons. The first-order chi connectivity index (χ1) is 6.37. The third kappa shape index (κ3) is 4.06. The number of carboxylic acid groups (broad SMARTS) is 1. The van der Waals surface area contributed by atoms with Gasteiger partial charge in [-0.25, -0.2) is 0 Å². The van der Waals surface area contributed by atoms with Crippen LogP contribution >= 0.6 is 0 Å². The number of aliphatic carboxylic acids is 1. The van der Waals surface area contributed by atoms with Gasteiger partial charge in [-0.2, -0.15) is 0 Å². The van der Waals surface area contributed by atoms with Crippen LogP contribution in [0.2, 0.25) is 19.6 Å². The molecular formula is C10H18O3Si. The minimum atomic E-state index is -1.49. The molecule has 0 amide bonds. The van der Waals surface area contributed by atoms with E-state index >= 15 is 0 Å². The topological polar surface area (TPSA) is 46.5 Å². The lowest BCUT2D eigenvalue weighted by atomic mass is 10.1. The van der Waals surface area contributed by atoms with E-state index in [4.69, 9.17) is 9.53 Å². The van der Waals surface area contributed by atoms with E-state index in [1.807, 2.05) is 12.2 Å². The van der Waals surface area contributed by atoms with Crippen LogP contribution in [-0.2, 0) is 9.22 Å². The summed E-state index contributed by atoms with van der Waals surface area (Å²) in [6.45, 7) is 6.43. The maximum Gasteiger partial charge on any atom is 0.303 e. The maximum atomic E-state index is 10.5. The van der Waals surface area contributed by atoms with Crippen molar-refractivity contribution in [2.45, 2.75) is 38.6 Å². The highest BCUT2D eigenvalue weighted by atomic mass is 28.4. The predicted molar refractivity (Wildman–Crippen MR) is 57.7 cm³/mol. The Bertz CT molecular complexity index is 242. The van der Waals surface area contributed by atoms with Crippen LogP contribution in [0.1, 0.15) is 12.8 Å². The largest absolute Gasteiger partial charge is 0.481 e. The molecule has 4 heteroatoms. The molecule has 3 nitrogen and oxygen atoms in total. The highest BCUT2D eigenvalue weighted by Gasteiger charge is 2.26. The molecule has 0 aliphatic heterocycles.